The van der Waals surface area contributed by atoms with Crippen LogP contribution in [0.2, 0.25) is 0 Å². The molecule has 0 rings (SSSR count). The Morgan fingerprint density at radius 3 is 2.00 bits per heavy atom. The molecule has 4 heteroatoms. The summed E-state index contributed by atoms with van der Waals surface area (Å²) in [7, 11) is 0. The van der Waals surface area contributed by atoms with Crippen LogP contribution < -0.4 is 0 Å². The first-order valence-electron chi connectivity index (χ1n) is 9.01. The molecule has 22 heavy (non-hydrogen) atoms. The largest absolute Gasteiger partial charge is 0.460 e. The van der Waals surface area contributed by atoms with Crippen LogP contribution in [0.1, 0.15) is 85.0 Å². The third-order valence-corrected chi connectivity index (χ3v) is 3.53. The van der Waals surface area contributed by atoms with Gasteiger partial charge < -0.3 is 14.6 Å². The van der Waals surface area contributed by atoms with Crippen LogP contribution >= 0.6 is 0 Å². The number of carbonyl (C=O) groups excluding carboxylic acids is 1. The molecule has 0 spiro atoms. The molecule has 0 aromatic carbocycles. The molecule has 0 aromatic heterocycles. The van der Waals surface area contributed by atoms with Gasteiger partial charge >= 0.3 is 5.97 Å². The van der Waals surface area contributed by atoms with Crippen LogP contribution in [0.4, 0.5) is 0 Å². The number of unbranched alkanes of at least 4 members (excludes halogenated alkanes) is 8. The summed E-state index contributed by atoms with van der Waals surface area (Å²) in [5, 5.41) is 9.06. The minimum atomic E-state index is -0.482. The van der Waals surface area contributed by atoms with Gasteiger partial charge in [0.25, 0.3) is 0 Å². The Kier molecular flexibility index (Phi) is 14.9. The summed E-state index contributed by atoms with van der Waals surface area (Å²) >= 11 is 0. The second kappa shape index (κ2) is 15.3. The first-order chi connectivity index (χ1) is 10.6. The molecule has 0 amide bonds. The van der Waals surface area contributed by atoms with Gasteiger partial charge in [0.1, 0.15) is 6.10 Å². The number of hydrogen-bond acceptors (Lipinski definition) is 4. The van der Waals surface area contributed by atoms with Crippen LogP contribution in [0.3, 0.4) is 0 Å². The van der Waals surface area contributed by atoms with Gasteiger partial charge in [-0.05, 0) is 20.3 Å². The van der Waals surface area contributed by atoms with E-state index in [0.717, 1.165) is 12.8 Å². The van der Waals surface area contributed by atoms with Gasteiger partial charge in [0.2, 0.25) is 0 Å². The van der Waals surface area contributed by atoms with Gasteiger partial charge in [0, 0.05) is 6.42 Å². The first kappa shape index (κ1) is 21.4. The van der Waals surface area contributed by atoms with Gasteiger partial charge in [-0.25, -0.2) is 0 Å². The van der Waals surface area contributed by atoms with Crippen LogP contribution in [0.15, 0.2) is 0 Å². The van der Waals surface area contributed by atoms with Crippen molar-refractivity contribution in [3.63, 3.8) is 0 Å². The number of carbonyl (C=O) groups is 1. The fourth-order valence-corrected chi connectivity index (χ4v) is 2.30. The van der Waals surface area contributed by atoms with Crippen LogP contribution in [0.5, 0.6) is 0 Å². The highest BCUT2D eigenvalue weighted by molar-refractivity contribution is 5.69. The van der Waals surface area contributed by atoms with Crippen molar-refractivity contribution in [3.8, 4) is 0 Å². The minimum Gasteiger partial charge on any atom is -0.460 e. The normalized spacial score (nSPS) is 13.8. The number of hydrogen-bond donors (Lipinski definition) is 1. The molecule has 1 N–H and O–H groups in total. The third-order valence-electron chi connectivity index (χ3n) is 3.53. The monoisotopic (exact) mass is 316 g/mol. The standard InChI is InChI=1S/C18H36O4/c1-4-5-6-7-8-9-10-11-12-13-18(20)22-17(3)15-21-14-16(2)19/h16-17,19H,4-15H2,1-3H3. The van der Waals surface area contributed by atoms with E-state index in [1.165, 1.54) is 44.9 Å². The Labute approximate surface area is 136 Å². The van der Waals surface area contributed by atoms with E-state index in [2.05, 4.69) is 6.92 Å². The zero-order valence-corrected chi connectivity index (χ0v) is 14.8. The molecule has 2 atom stereocenters. The lowest BCUT2D eigenvalue weighted by atomic mass is 10.1. The molecule has 0 radical (unpaired) electrons. The first-order valence-corrected chi connectivity index (χ1v) is 9.01. The molecule has 132 valence electrons. The van der Waals surface area contributed by atoms with Crippen molar-refractivity contribution in [1.29, 1.82) is 0 Å². The fraction of sp³-hybridized carbons (Fsp3) is 0.944. The molecule has 0 saturated heterocycles. The molecule has 0 aliphatic carbocycles. The van der Waals surface area contributed by atoms with Crippen molar-refractivity contribution >= 4 is 5.97 Å². The summed E-state index contributed by atoms with van der Waals surface area (Å²) in [6.45, 7) is 6.34. The van der Waals surface area contributed by atoms with Crippen LogP contribution in [-0.2, 0) is 14.3 Å². The molecule has 0 fully saturated rings. The van der Waals surface area contributed by atoms with Crippen LogP contribution in [-0.4, -0.2) is 36.5 Å². The zero-order chi connectivity index (χ0) is 16.6. The Bertz CT molecular complexity index is 253. The van der Waals surface area contributed by atoms with Crippen molar-refractivity contribution in [2.45, 2.75) is 97.2 Å². The lowest BCUT2D eigenvalue weighted by Gasteiger charge is -2.14. The highest BCUT2D eigenvalue weighted by atomic mass is 16.6. The molecule has 0 aliphatic rings. The fourth-order valence-electron chi connectivity index (χ4n) is 2.30. The van der Waals surface area contributed by atoms with Crippen molar-refractivity contribution in [2.75, 3.05) is 13.2 Å². The Morgan fingerprint density at radius 2 is 1.45 bits per heavy atom. The summed E-state index contributed by atoms with van der Waals surface area (Å²) in [6, 6.07) is 0. The molecule has 0 aliphatic heterocycles. The molecule has 0 heterocycles. The number of esters is 1. The van der Waals surface area contributed by atoms with Gasteiger partial charge in [-0.3, -0.25) is 4.79 Å². The highest BCUT2D eigenvalue weighted by Gasteiger charge is 2.09. The van der Waals surface area contributed by atoms with Crippen molar-refractivity contribution in [1.82, 2.24) is 0 Å². The topological polar surface area (TPSA) is 55.8 Å². The maximum atomic E-state index is 11.6. The summed E-state index contributed by atoms with van der Waals surface area (Å²) in [6.07, 6.45) is 11.0. The average molecular weight is 316 g/mol. The number of aliphatic hydroxyl groups is 1. The number of ether oxygens (including phenoxy) is 2. The second-order valence-corrected chi connectivity index (χ2v) is 6.27. The molecule has 2 unspecified atom stereocenters. The summed E-state index contributed by atoms with van der Waals surface area (Å²) in [4.78, 5) is 11.6. The van der Waals surface area contributed by atoms with E-state index < -0.39 is 6.10 Å². The van der Waals surface area contributed by atoms with Gasteiger partial charge in [-0.15, -0.1) is 0 Å². The predicted molar refractivity (Wildman–Crippen MR) is 89.9 cm³/mol. The van der Waals surface area contributed by atoms with Gasteiger partial charge in [-0.1, -0.05) is 58.3 Å². The minimum absolute atomic E-state index is 0.143. The van der Waals surface area contributed by atoms with E-state index in [4.69, 9.17) is 14.6 Å². The maximum Gasteiger partial charge on any atom is 0.306 e. The summed E-state index contributed by atoms with van der Waals surface area (Å²) < 4.78 is 10.5. The summed E-state index contributed by atoms with van der Waals surface area (Å²) in [5.41, 5.74) is 0. The van der Waals surface area contributed by atoms with E-state index in [1.54, 1.807) is 6.92 Å². The van der Waals surface area contributed by atoms with Crippen molar-refractivity contribution < 1.29 is 19.4 Å². The zero-order valence-electron chi connectivity index (χ0n) is 14.8. The van der Waals surface area contributed by atoms with Gasteiger partial charge in [-0.2, -0.15) is 0 Å². The average Bonchev–Trinajstić information content (AvgIpc) is 2.45. The van der Waals surface area contributed by atoms with Crippen molar-refractivity contribution in [3.05, 3.63) is 0 Å². The third kappa shape index (κ3) is 15.8. The molecular weight excluding hydrogens is 280 g/mol. The quantitative estimate of drug-likeness (QED) is 0.363. The van der Waals surface area contributed by atoms with Gasteiger partial charge in [0.15, 0.2) is 0 Å². The Hall–Kier alpha value is -0.610. The summed E-state index contributed by atoms with van der Waals surface area (Å²) in [5.74, 6) is -0.143. The Morgan fingerprint density at radius 1 is 0.909 bits per heavy atom. The Balaban J connectivity index is 3.34. The highest BCUT2D eigenvalue weighted by Crippen LogP contribution is 2.11. The van der Waals surface area contributed by atoms with Gasteiger partial charge in [0.05, 0.1) is 19.3 Å². The molecule has 0 bridgehead atoms. The van der Waals surface area contributed by atoms with E-state index >= 15 is 0 Å². The maximum absolute atomic E-state index is 11.6. The van der Waals surface area contributed by atoms with Crippen LogP contribution in [0.25, 0.3) is 0 Å². The van der Waals surface area contributed by atoms with E-state index in [0.29, 0.717) is 13.0 Å². The SMILES string of the molecule is CCCCCCCCCCCC(=O)OC(C)COCC(C)O. The number of aliphatic hydroxyl groups excluding tert-OH is 1. The lowest BCUT2D eigenvalue weighted by Crippen LogP contribution is -2.22. The molecule has 0 saturated carbocycles. The van der Waals surface area contributed by atoms with E-state index in [1.807, 2.05) is 6.92 Å². The smallest absolute Gasteiger partial charge is 0.306 e. The molecular formula is C18H36O4. The second-order valence-electron chi connectivity index (χ2n) is 6.27. The predicted octanol–water partition coefficient (Wildman–Crippen LogP) is 4.24. The van der Waals surface area contributed by atoms with Crippen LogP contribution in [0, 0.1) is 0 Å². The van der Waals surface area contributed by atoms with E-state index in [-0.39, 0.29) is 18.7 Å². The number of rotatable bonds is 15. The molecule has 4 nitrogen and oxygen atoms in total. The lowest BCUT2D eigenvalue weighted by molar-refractivity contribution is -0.151. The van der Waals surface area contributed by atoms with E-state index in [9.17, 15) is 4.79 Å². The molecule has 0 aromatic rings. The van der Waals surface area contributed by atoms with Crippen molar-refractivity contribution in [2.24, 2.45) is 0 Å².